The van der Waals surface area contributed by atoms with Crippen molar-refractivity contribution in [3.63, 3.8) is 0 Å². The zero-order chi connectivity index (χ0) is 16.4. The van der Waals surface area contributed by atoms with Crippen LogP contribution in [0, 0.1) is 6.92 Å². The average molecular weight is 304 g/mol. The third-order valence-corrected chi connectivity index (χ3v) is 3.99. The van der Waals surface area contributed by atoms with Crippen LogP contribution < -0.4 is 4.74 Å². The summed E-state index contributed by atoms with van der Waals surface area (Å²) < 4.78 is 15.2. The SMILES string of the molecule is COC(=O)C1=C(C)CCc2cc(C)c(C(=O)OC)c(OC)c21. The smallest absolute Gasteiger partial charge is 0.341 e. The number of carbonyl (C=O) groups excluding carboxylic acids is 2. The van der Waals surface area contributed by atoms with Crippen LogP contribution in [0.3, 0.4) is 0 Å². The fraction of sp³-hybridized carbons (Fsp3) is 0.412. The van der Waals surface area contributed by atoms with E-state index in [2.05, 4.69) is 0 Å². The number of benzene rings is 1. The highest BCUT2D eigenvalue weighted by Gasteiger charge is 2.31. The Morgan fingerprint density at radius 2 is 1.64 bits per heavy atom. The van der Waals surface area contributed by atoms with Gasteiger partial charge in [0.2, 0.25) is 0 Å². The molecule has 0 fully saturated rings. The van der Waals surface area contributed by atoms with Crippen molar-refractivity contribution in [2.24, 2.45) is 0 Å². The van der Waals surface area contributed by atoms with Gasteiger partial charge in [-0.05, 0) is 37.8 Å². The van der Waals surface area contributed by atoms with Gasteiger partial charge in [-0.25, -0.2) is 9.59 Å². The van der Waals surface area contributed by atoms with Crippen molar-refractivity contribution in [2.45, 2.75) is 26.7 Å². The molecule has 0 radical (unpaired) electrons. The van der Waals surface area contributed by atoms with Crippen LogP contribution in [0.1, 0.15) is 40.4 Å². The predicted molar refractivity (Wildman–Crippen MR) is 82.0 cm³/mol. The first-order chi connectivity index (χ1) is 10.5. The summed E-state index contributed by atoms with van der Waals surface area (Å²) in [4.78, 5) is 24.3. The minimum atomic E-state index is -0.482. The van der Waals surface area contributed by atoms with Gasteiger partial charge in [0, 0.05) is 5.56 Å². The molecular formula is C17H20O5. The third-order valence-electron chi connectivity index (χ3n) is 3.99. The van der Waals surface area contributed by atoms with E-state index in [1.54, 1.807) is 0 Å². The summed E-state index contributed by atoms with van der Waals surface area (Å²) >= 11 is 0. The Labute approximate surface area is 129 Å². The molecule has 0 spiro atoms. The number of methoxy groups -OCH3 is 3. The number of ether oxygens (including phenoxy) is 3. The number of allylic oxidation sites excluding steroid dienone is 1. The molecule has 0 saturated heterocycles. The Bertz CT molecular complexity index is 670. The fourth-order valence-corrected chi connectivity index (χ4v) is 2.93. The minimum absolute atomic E-state index is 0.347. The number of hydrogen-bond acceptors (Lipinski definition) is 5. The van der Waals surface area contributed by atoms with E-state index in [0.717, 1.165) is 29.5 Å². The maximum absolute atomic E-state index is 12.2. The predicted octanol–water partition coefficient (Wildman–Crippen LogP) is 2.68. The maximum Gasteiger partial charge on any atom is 0.341 e. The second-order valence-electron chi connectivity index (χ2n) is 5.27. The first kappa shape index (κ1) is 16.1. The molecule has 5 nitrogen and oxygen atoms in total. The molecule has 0 aromatic heterocycles. The highest BCUT2D eigenvalue weighted by Crippen LogP contribution is 2.41. The minimum Gasteiger partial charge on any atom is -0.495 e. The number of esters is 2. The molecule has 0 N–H and O–H groups in total. The van der Waals surface area contributed by atoms with Crippen molar-refractivity contribution in [3.8, 4) is 5.75 Å². The van der Waals surface area contributed by atoms with Crippen LogP contribution in [0.25, 0.3) is 5.57 Å². The maximum atomic E-state index is 12.2. The van der Waals surface area contributed by atoms with E-state index < -0.39 is 11.9 Å². The van der Waals surface area contributed by atoms with Crippen molar-refractivity contribution in [2.75, 3.05) is 21.3 Å². The van der Waals surface area contributed by atoms with Crippen molar-refractivity contribution in [1.82, 2.24) is 0 Å². The van der Waals surface area contributed by atoms with Gasteiger partial charge >= 0.3 is 11.9 Å². The van der Waals surface area contributed by atoms with E-state index >= 15 is 0 Å². The molecule has 2 rings (SSSR count). The van der Waals surface area contributed by atoms with E-state index in [4.69, 9.17) is 14.2 Å². The van der Waals surface area contributed by atoms with Crippen LogP contribution in [0.4, 0.5) is 0 Å². The Morgan fingerprint density at radius 1 is 1.00 bits per heavy atom. The lowest BCUT2D eigenvalue weighted by Crippen LogP contribution is -2.17. The molecule has 0 amide bonds. The van der Waals surface area contributed by atoms with E-state index in [1.165, 1.54) is 21.3 Å². The number of carbonyl (C=O) groups is 2. The lowest BCUT2D eigenvalue weighted by Gasteiger charge is -2.25. The van der Waals surface area contributed by atoms with Gasteiger partial charge in [-0.1, -0.05) is 11.6 Å². The Balaban J connectivity index is 2.82. The van der Waals surface area contributed by atoms with Gasteiger partial charge in [0.1, 0.15) is 11.3 Å². The quantitative estimate of drug-likeness (QED) is 0.803. The van der Waals surface area contributed by atoms with Crippen molar-refractivity contribution < 1.29 is 23.8 Å². The largest absolute Gasteiger partial charge is 0.495 e. The van der Waals surface area contributed by atoms with Gasteiger partial charge in [-0.2, -0.15) is 0 Å². The van der Waals surface area contributed by atoms with Crippen molar-refractivity contribution in [1.29, 1.82) is 0 Å². The lowest BCUT2D eigenvalue weighted by molar-refractivity contribution is -0.133. The second-order valence-corrected chi connectivity index (χ2v) is 5.27. The molecule has 0 bridgehead atoms. The highest BCUT2D eigenvalue weighted by molar-refractivity contribution is 6.20. The molecule has 118 valence electrons. The van der Waals surface area contributed by atoms with Crippen LogP contribution in [0.15, 0.2) is 11.6 Å². The standard InChI is InChI=1S/C17H20O5/c1-9-6-7-11-8-10(2)13(17(19)22-5)15(20-3)14(11)12(9)16(18)21-4/h8H,6-7H2,1-5H3. The van der Waals surface area contributed by atoms with Gasteiger partial charge in [0.05, 0.1) is 26.9 Å². The van der Waals surface area contributed by atoms with E-state index in [0.29, 0.717) is 22.4 Å². The van der Waals surface area contributed by atoms with E-state index in [9.17, 15) is 9.59 Å². The molecule has 5 heteroatoms. The molecule has 0 aliphatic heterocycles. The van der Waals surface area contributed by atoms with E-state index in [1.807, 2.05) is 19.9 Å². The zero-order valence-electron chi connectivity index (χ0n) is 13.5. The molecule has 0 unspecified atom stereocenters. The van der Waals surface area contributed by atoms with Crippen LogP contribution in [0.2, 0.25) is 0 Å². The van der Waals surface area contributed by atoms with Crippen molar-refractivity contribution >= 4 is 17.5 Å². The number of aryl methyl sites for hydroxylation is 2. The number of rotatable bonds is 3. The lowest BCUT2D eigenvalue weighted by atomic mass is 9.83. The van der Waals surface area contributed by atoms with Gasteiger partial charge < -0.3 is 14.2 Å². The first-order valence-corrected chi connectivity index (χ1v) is 7.03. The average Bonchev–Trinajstić information content (AvgIpc) is 2.52. The van der Waals surface area contributed by atoms with Crippen LogP contribution in [-0.4, -0.2) is 33.3 Å². The fourth-order valence-electron chi connectivity index (χ4n) is 2.93. The summed E-state index contributed by atoms with van der Waals surface area (Å²) in [6.45, 7) is 3.73. The van der Waals surface area contributed by atoms with Crippen LogP contribution >= 0.6 is 0 Å². The van der Waals surface area contributed by atoms with Gasteiger partial charge in [-0.15, -0.1) is 0 Å². The molecule has 0 atom stereocenters. The van der Waals surface area contributed by atoms with Crippen molar-refractivity contribution in [3.05, 3.63) is 33.9 Å². The number of hydrogen-bond donors (Lipinski definition) is 0. The molecule has 0 saturated carbocycles. The summed E-state index contributed by atoms with van der Waals surface area (Å²) in [5.41, 5.74) is 4.14. The Hall–Kier alpha value is -2.30. The third kappa shape index (κ3) is 2.47. The normalized spacial score (nSPS) is 13.5. The molecule has 1 aromatic rings. The molecule has 1 aliphatic rings. The summed E-state index contributed by atoms with van der Waals surface area (Å²) in [5.74, 6) is -0.526. The summed E-state index contributed by atoms with van der Waals surface area (Å²) in [6.07, 6.45) is 1.57. The monoisotopic (exact) mass is 304 g/mol. The summed E-state index contributed by atoms with van der Waals surface area (Å²) in [7, 11) is 4.15. The molecular weight excluding hydrogens is 284 g/mol. The molecule has 22 heavy (non-hydrogen) atoms. The molecule has 1 aromatic carbocycles. The van der Waals surface area contributed by atoms with Gasteiger partial charge in [-0.3, -0.25) is 0 Å². The van der Waals surface area contributed by atoms with Crippen LogP contribution in [0.5, 0.6) is 5.75 Å². The van der Waals surface area contributed by atoms with Crippen LogP contribution in [-0.2, 0) is 20.7 Å². The van der Waals surface area contributed by atoms with Gasteiger partial charge in [0.25, 0.3) is 0 Å². The first-order valence-electron chi connectivity index (χ1n) is 7.03. The molecule has 0 heterocycles. The highest BCUT2D eigenvalue weighted by atomic mass is 16.5. The Kier molecular flexibility index (Phi) is 4.54. The Morgan fingerprint density at radius 3 is 2.18 bits per heavy atom. The van der Waals surface area contributed by atoms with E-state index in [-0.39, 0.29) is 0 Å². The molecule has 1 aliphatic carbocycles. The second kappa shape index (κ2) is 6.22. The number of fused-ring (bicyclic) bond motifs is 1. The topological polar surface area (TPSA) is 61.8 Å². The summed E-state index contributed by atoms with van der Waals surface area (Å²) in [6, 6.07) is 1.92. The summed E-state index contributed by atoms with van der Waals surface area (Å²) in [5, 5.41) is 0. The van der Waals surface area contributed by atoms with Gasteiger partial charge in [0.15, 0.2) is 0 Å². The zero-order valence-corrected chi connectivity index (χ0v) is 13.5.